The number of anilines is 2. The third-order valence-corrected chi connectivity index (χ3v) is 9.82. The molecule has 236 valence electrons. The summed E-state index contributed by atoms with van der Waals surface area (Å²) in [6.07, 6.45) is -8.98. The number of hydrogen-bond donors (Lipinski definition) is 4. The lowest BCUT2D eigenvalue weighted by Crippen LogP contribution is -2.43. The highest BCUT2D eigenvalue weighted by Crippen LogP contribution is 2.57. The molecule has 0 radical (unpaired) electrons. The lowest BCUT2D eigenvalue weighted by atomic mass is 10.1. The lowest BCUT2D eigenvalue weighted by molar-refractivity contribution is -0.0474. The minimum absolute atomic E-state index is 0.0187. The maximum absolute atomic E-state index is 15.9. The van der Waals surface area contributed by atoms with Gasteiger partial charge in [-0.1, -0.05) is 12.2 Å². The van der Waals surface area contributed by atoms with E-state index >= 15 is 8.78 Å². The monoisotopic (exact) mass is 677 g/mol. The molecular weight excluding hydrogens is 655 g/mol. The molecule has 4 aromatic heterocycles. The summed E-state index contributed by atoms with van der Waals surface area (Å²) in [6, 6.07) is 0. The van der Waals surface area contributed by atoms with Crippen LogP contribution in [0.3, 0.4) is 0 Å². The molecule has 0 spiro atoms. The fraction of sp³-hybridized carbons (Fsp3) is 0.500. The summed E-state index contributed by atoms with van der Waals surface area (Å²) in [5.74, 6) is 0.0492. The Balaban J connectivity index is 1.20. The molecule has 2 bridgehead atoms. The average Bonchev–Trinajstić information content (AvgIpc) is 3.73. The number of halogens is 2. The van der Waals surface area contributed by atoms with Gasteiger partial charge in [0.05, 0.1) is 19.3 Å². The molecule has 0 amide bonds. The molecule has 4 aromatic rings. The van der Waals surface area contributed by atoms with Crippen molar-refractivity contribution in [3.8, 4) is 0 Å². The van der Waals surface area contributed by atoms with E-state index < -0.39 is 79.5 Å². The molecule has 19 nitrogen and oxygen atoms in total. The van der Waals surface area contributed by atoms with Crippen molar-refractivity contribution in [2.24, 2.45) is 0 Å². The van der Waals surface area contributed by atoms with Crippen molar-refractivity contribution in [3.05, 3.63) is 25.3 Å². The van der Waals surface area contributed by atoms with E-state index in [1.54, 1.807) is 0 Å². The van der Waals surface area contributed by atoms with Crippen LogP contribution < -0.4 is 16.2 Å². The van der Waals surface area contributed by atoms with Crippen molar-refractivity contribution >= 4 is 63.3 Å². The maximum atomic E-state index is 15.9. The molecular formula is C20H22F2N11O8PS2. The fourth-order valence-electron chi connectivity index (χ4n) is 5.19. The van der Waals surface area contributed by atoms with Gasteiger partial charge >= 0.3 is 17.1 Å². The van der Waals surface area contributed by atoms with Crippen LogP contribution in [0.15, 0.2) is 25.3 Å². The van der Waals surface area contributed by atoms with Crippen LogP contribution in [0.5, 0.6) is 0 Å². The third kappa shape index (κ3) is 5.06. The van der Waals surface area contributed by atoms with Crippen LogP contribution in [0.2, 0.25) is 0 Å². The molecule has 7 heterocycles. The zero-order valence-corrected chi connectivity index (χ0v) is 24.5. The van der Waals surface area contributed by atoms with E-state index in [0.29, 0.717) is 0 Å². The zero-order valence-electron chi connectivity index (χ0n) is 21.9. The van der Waals surface area contributed by atoms with Gasteiger partial charge in [-0.15, -0.1) is 0 Å². The smallest absolute Gasteiger partial charge is 0.382 e. The van der Waals surface area contributed by atoms with Gasteiger partial charge in [-0.2, -0.15) is 13.1 Å². The molecule has 3 saturated heterocycles. The Kier molecular flexibility index (Phi) is 7.21. The van der Waals surface area contributed by atoms with E-state index in [9.17, 15) is 13.0 Å². The number of alkyl halides is 2. The van der Waals surface area contributed by atoms with E-state index in [-0.39, 0.29) is 34.0 Å². The topological polar surface area (TPSA) is 249 Å². The molecule has 5 N–H and O–H groups in total. The van der Waals surface area contributed by atoms with E-state index in [2.05, 4.69) is 46.9 Å². The number of nitrogens with zero attached hydrogens (tertiary/aromatic N) is 8. The van der Waals surface area contributed by atoms with Crippen molar-refractivity contribution in [2.45, 2.75) is 49.2 Å². The van der Waals surface area contributed by atoms with Crippen molar-refractivity contribution < 1.29 is 44.5 Å². The average molecular weight is 678 g/mol. The first-order valence-electron chi connectivity index (χ1n) is 12.7. The molecule has 3 fully saturated rings. The minimum atomic E-state index is -4.77. The number of aromatic nitrogens is 8. The Morgan fingerprint density at radius 3 is 2.11 bits per heavy atom. The summed E-state index contributed by atoms with van der Waals surface area (Å²) in [5, 5.41) is 0. The first kappa shape index (κ1) is 29.6. The van der Waals surface area contributed by atoms with E-state index in [1.807, 2.05) is 0 Å². The van der Waals surface area contributed by atoms with E-state index in [0.717, 1.165) is 12.7 Å². The number of rotatable bonds is 2. The number of nitrogens with two attached hydrogens (primary N) is 2. The lowest BCUT2D eigenvalue weighted by Gasteiger charge is -2.25. The van der Waals surface area contributed by atoms with Crippen LogP contribution in [0.25, 0.3) is 22.3 Å². The van der Waals surface area contributed by atoms with Gasteiger partial charge in [0.15, 0.2) is 47.7 Å². The molecule has 0 aliphatic carbocycles. The Labute approximate surface area is 250 Å². The summed E-state index contributed by atoms with van der Waals surface area (Å²) < 4.78 is 103. The molecule has 3 aliphatic rings. The third-order valence-electron chi connectivity index (χ3n) is 7.21. The van der Waals surface area contributed by atoms with Gasteiger partial charge in [0.1, 0.15) is 48.1 Å². The molecule has 24 heteroatoms. The summed E-state index contributed by atoms with van der Waals surface area (Å²) in [7, 11) is -4.77. The predicted molar refractivity (Wildman–Crippen MR) is 146 cm³/mol. The first-order valence-corrected chi connectivity index (χ1v) is 16.8. The van der Waals surface area contributed by atoms with Crippen LogP contribution in [-0.4, -0.2) is 97.4 Å². The summed E-state index contributed by atoms with van der Waals surface area (Å²) >= 11 is 3.98. The molecule has 7 rings (SSSR count). The molecule has 0 unspecified atom stereocenters. The molecule has 0 saturated carbocycles. The maximum Gasteiger partial charge on any atom is 0.386 e. The Bertz CT molecular complexity index is 1900. The second-order valence-corrected chi connectivity index (χ2v) is 14.1. The van der Waals surface area contributed by atoms with Crippen LogP contribution in [-0.2, 0) is 37.6 Å². The predicted octanol–water partition coefficient (Wildman–Crippen LogP) is -0.0255. The van der Waals surface area contributed by atoms with Crippen molar-refractivity contribution in [3.63, 3.8) is 0 Å². The first-order chi connectivity index (χ1) is 20.9. The second kappa shape index (κ2) is 10.7. The van der Waals surface area contributed by atoms with Gasteiger partial charge in [-0.05, 0) is 0 Å². The Morgan fingerprint density at radius 1 is 0.886 bits per heavy atom. The van der Waals surface area contributed by atoms with Crippen LogP contribution in [0.1, 0.15) is 12.5 Å². The number of nitrogen functional groups attached to an aromatic ring is 2. The Hall–Kier alpha value is -3.15. The van der Waals surface area contributed by atoms with Crippen molar-refractivity contribution in [1.82, 2.24) is 43.8 Å². The van der Waals surface area contributed by atoms with Crippen molar-refractivity contribution in [2.75, 3.05) is 24.6 Å². The fourth-order valence-corrected chi connectivity index (χ4v) is 7.60. The number of imidazole rings is 2. The summed E-state index contributed by atoms with van der Waals surface area (Å²) in [5.41, 5.74) is 12.2. The normalized spacial score (nSPS) is 36.1. The number of ether oxygens (including phenoxy) is 2. The largest absolute Gasteiger partial charge is 0.386 e. The van der Waals surface area contributed by atoms with E-state index in [4.69, 9.17) is 34.2 Å². The number of hydrogen-bond acceptors (Lipinski definition) is 16. The van der Waals surface area contributed by atoms with Gasteiger partial charge in [0, 0.05) is 6.54 Å². The Morgan fingerprint density at radius 2 is 1.48 bits per heavy atom. The van der Waals surface area contributed by atoms with Gasteiger partial charge in [-0.25, -0.2) is 47.4 Å². The highest BCUT2D eigenvalue weighted by Gasteiger charge is 2.53. The van der Waals surface area contributed by atoms with Gasteiger partial charge in [0.25, 0.3) is 0 Å². The van der Waals surface area contributed by atoms with E-state index in [1.165, 1.54) is 21.8 Å². The van der Waals surface area contributed by atoms with Crippen LogP contribution >= 0.6 is 19.0 Å². The number of fused-ring (bicyclic) bond motifs is 5. The minimum Gasteiger partial charge on any atom is -0.382 e. The van der Waals surface area contributed by atoms with Crippen LogP contribution in [0.4, 0.5) is 20.4 Å². The zero-order chi connectivity index (χ0) is 31.0. The molecule has 0 aromatic carbocycles. The highest BCUT2D eigenvalue weighted by atomic mass is 32.7. The quantitative estimate of drug-likeness (QED) is 0.161. The number of thiol groups is 1. The van der Waals surface area contributed by atoms with Gasteiger partial charge in [-0.3, -0.25) is 18.2 Å². The van der Waals surface area contributed by atoms with Gasteiger partial charge < -0.3 is 20.9 Å². The van der Waals surface area contributed by atoms with Gasteiger partial charge in [0.2, 0.25) is 0 Å². The second-order valence-electron chi connectivity index (χ2n) is 9.88. The standard InChI is InChI=1S/C20H22F2N11O8PS2/c21-9-7-1-31-44(35,36)41-13-8(39-19(10(13)22)32-5-29-11-15(23)25-3-27-17(11)32)2-37-42(34,43)40-14(9)20(38-7)33-6-30-12-16(24)26-4-28-18(12)33/h3-10,13-14,19-20,31H,1-2H2,(H,34,43)(H2,23,25,27)(H2,24,26,28)/t7-,8-,9-,10-,13-,14-,19-,20-,42-/m1/s1. The van der Waals surface area contributed by atoms with Crippen LogP contribution in [0, 0.1) is 0 Å². The summed E-state index contributed by atoms with van der Waals surface area (Å²) in [6.45, 7) is -5.92. The molecule has 3 aliphatic heterocycles. The molecule has 44 heavy (non-hydrogen) atoms. The molecule has 9 atom stereocenters. The number of nitrogens with one attached hydrogen (secondary N) is 1. The van der Waals surface area contributed by atoms with Crippen molar-refractivity contribution in [1.29, 1.82) is 0 Å². The summed E-state index contributed by atoms with van der Waals surface area (Å²) in [4.78, 5) is 24.0. The highest BCUT2D eigenvalue weighted by molar-refractivity contribution is 8.44. The SMILES string of the molecule is Nc1ncnc2c1ncn2[C@@H]1O[C@@H]2CO[P@@](=O)(S)O[C@@H]3[C@H](F)[C@@H](CNS(=O)(=O)O[C@H]2[C@H]1F)O[C@H]3n1cnc2c(N)ncnc21.